The van der Waals surface area contributed by atoms with Crippen LogP contribution in [0.4, 0.5) is 0 Å². The van der Waals surface area contributed by atoms with Gasteiger partial charge in [0.15, 0.2) is 0 Å². The van der Waals surface area contributed by atoms with Crippen LogP contribution in [0.15, 0.2) is 0 Å². The Morgan fingerprint density at radius 3 is 2.50 bits per heavy atom. The molecule has 3 atom stereocenters. The fourth-order valence-corrected chi connectivity index (χ4v) is 3.82. The average Bonchev–Trinajstić information content (AvgIpc) is 2.70. The van der Waals surface area contributed by atoms with Gasteiger partial charge < -0.3 is 5.32 Å². The lowest BCUT2D eigenvalue weighted by Gasteiger charge is -2.28. The summed E-state index contributed by atoms with van der Waals surface area (Å²) in [7, 11) is 0. The maximum absolute atomic E-state index is 3.71. The standard InChI is InChI=1S/C13H23N/c1-2-13(3-1)14-7-6-12-9-10-4-5-11(12)8-10/h10-14H,1-9H2. The molecule has 3 fully saturated rings. The molecule has 3 aliphatic rings. The van der Waals surface area contributed by atoms with Gasteiger partial charge in [0.2, 0.25) is 0 Å². The number of hydrogen-bond acceptors (Lipinski definition) is 1. The third-order valence-corrected chi connectivity index (χ3v) is 4.94. The fraction of sp³-hybridized carbons (Fsp3) is 1.00. The second-order valence-corrected chi connectivity index (χ2v) is 5.81. The van der Waals surface area contributed by atoms with Crippen molar-refractivity contribution >= 4 is 0 Å². The molecular weight excluding hydrogens is 170 g/mol. The summed E-state index contributed by atoms with van der Waals surface area (Å²) in [6.07, 6.45) is 12.1. The molecule has 1 nitrogen and oxygen atoms in total. The third-order valence-electron chi connectivity index (χ3n) is 4.94. The van der Waals surface area contributed by atoms with Crippen molar-refractivity contribution in [2.45, 2.75) is 57.4 Å². The van der Waals surface area contributed by atoms with Crippen molar-refractivity contribution in [3.63, 3.8) is 0 Å². The van der Waals surface area contributed by atoms with Crippen LogP contribution >= 0.6 is 0 Å². The summed E-state index contributed by atoms with van der Waals surface area (Å²) in [6, 6.07) is 0.897. The van der Waals surface area contributed by atoms with E-state index in [1.54, 1.807) is 25.7 Å². The molecule has 1 heteroatoms. The van der Waals surface area contributed by atoms with Gasteiger partial charge >= 0.3 is 0 Å². The van der Waals surface area contributed by atoms with Crippen molar-refractivity contribution in [3.05, 3.63) is 0 Å². The number of hydrogen-bond donors (Lipinski definition) is 1. The van der Waals surface area contributed by atoms with E-state index in [-0.39, 0.29) is 0 Å². The average molecular weight is 193 g/mol. The lowest BCUT2D eigenvalue weighted by atomic mass is 9.86. The largest absolute Gasteiger partial charge is 0.314 e. The Morgan fingerprint density at radius 2 is 1.93 bits per heavy atom. The third kappa shape index (κ3) is 1.71. The molecule has 0 aromatic heterocycles. The van der Waals surface area contributed by atoms with Gasteiger partial charge in [-0.3, -0.25) is 0 Å². The molecule has 0 amide bonds. The predicted octanol–water partition coefficient (Wildman–Crippen LogP) is 2.95. The maximum atomic E-state index is 3.71. The van der Waals surface area contributed by atoms with Gasteiger partial charge in [-0.2, -0.15) is 0 Å². The Balaban J connectivity index is 1.36. The minimum Gasteiger partial charge on any atom is -0.314 e. The Morgan fingerprint density at radius 1 is 1.00 bits per heavy atom. The monoisotopic (exact) mass is 193 g/mol. The lowest BCUT2D eigenvalue weighted by molar-refractivity contribution is 0.283. The normalized spacial score (nSPS) is 41.6. The predicted molar refractivity (Wildman–Crippen MR) is 59.2 cm³/mol. The highest BCUT2D eigenvalue weighted by Gasteiger charge is 2.38. The molecule has 14 heavy (non-hydrogen) atoms. The quantitative estimate of drug-likeness (QED) is 0.724. The molecular formula is C13H23N. The van der Waals surface area contributed by atoms with E-state index in [1.165, 1.54) is 32.2 Å². The van der Waals surface area contributed by atoms with Gasteiger partial charge in [-0.25, -0.2) is 0 Å². The van der Waals surface area contributed by atoms with Crippen molar-refractivity contribution < 1.29 is 0 Å². The molecule has 2 bridgehead atoms. The van der Waals surface area contributed by atoms with Crippen LogP contribution in [0, 0.1) is 17.8 Å². The molecule has 0 aliphatic heterocycles. The van der Waals surface area contributed by atoms with Crippen LogP contribution in [0.2, 0.25) is 0 Å². The topological polar surface area (TPSA) is 12.0 Å². The van der Waals surface area contributed by atoms with Crippen LogP contribution in [0.1, 0.15) is 51.4 Å². The van der Waals surface area contributed by atoms with Gasteiger partial charge in [-0.1, -0.05) is 12.8 Å². The zero-order valence-electron chi connectivity index (χ0n) is 9.17. The van der Waals surface area contributed by atoms with Gasteiger partial charge in [-0.15, -0.1) is 0 Å². The summed E-state index contributed by atoms with van der Waals surface area (Å²) in [5.41, 5.74) is 0. The highest BCUT2D eigenvalue weighted by Crippen LogP contribution is 2.49. The highest BCUT2D eigenvalue weighted by molar-refractivity contribution is 4.90. The summed E-state index contributed by atoms with van der Waals surface area (Å²) in [5.74, 6) is 3.36. The van der Waals surface area contributed by atoms with E-state index in [2.05, 4.69) is 5.32 Å². The first-order valence-electron chi connectivity index (χ1n) is 6.65. The minimum atomic E-state index is 0.897. The van der Waals surface area contributed by atoms with Gasteiger partial charge in [0.25, 0.3) is 0 Å². The van der Waals surface area contributed by atoms with E-state index < -0.39 is 0 Å². The van der Waals surface area contributed by atoms with Crippen molar-refractivity contribution in [2.24, 2.45) is 17.8 Å². The Bertz CT molecular complexity index is 197. The molecule has 3 rings (SSSR count). The summed E-state index contributed by atoms with van der Waals surface area (Å²) >= 11 is 0. The zero-order valence-corrected chi connectivity index (χ0v) is 9.17. The Kier molecular flexibility index (Phi) is 2.53. The summed E-state index contributed by atoms with van der Waals surface area (Å²) in [6.45, 7) is 1.30. The molecule has 0 aromatic carbocycles. The van der Waals surface area contributed by atoms with Gasteiger partial charge in [0.05, 0.1) is 0 Å². The van der Waals surface area contributed by atoms with E-state index in [0.717, 1.165) is 23.8 Å². The molecule has 0 radical (unpaired) electrons. The van der Waals surface area contributed by atoms with Crippen LogP contribution in [-0.4, -0.2) is 12.6 Å². The maximum Gasteiger partial charge on any atom is 0.00670 e. The fourth-order valence-electron chi connectivity index (χ4n) is 3.82. The first-order chi connectivity index (χ1) is 6.92. The number of nitrogens with one attached hydrogen (secondary N) is 1. The van der Waals surface area contributed by atoms with Crippen molar-refractivity contribution in [1.29, 1.82) is 0 Å². The number of fused-ring (bicyclic) bond motifs is 2. The second-order valence-electron chi connectivity index (χ2n) is 5.81. The van der Waals surface area contributed by atoms with E-state index >= 15 is 0 Å². The van der Waals surface area contributed by atoms with E-state index in [0.29, 0.717) is 0 Å². The lowest BCUT2D eigenvalue weighted by Crippen LogP contribution is -2.36. The Hall–Kier alpha value is -0.0400. The molecule has 0 spiro atoms. The van der Waals surface area contributed by atoms with E-state index in [9.17, 15) is 0 Å². The second kappa shape index (κ2) is 3.84. The van der Waals surface area contributed by atoms with Crippen molar-refractivity contribution in [2.75, 3.05) is 6.54 Å². The SMILES string of the molecule is C1CC(NCCC2CC3CCC2C3)C1. The first kappa shape index (κ1) is 9.21. The summed E-state index contributed by atoms with van der Waals surface area (Å²) in [5, 5.41) is 3.71. The van der Waals surface area contributed by atoms with Crippen molar-refractivity contribution in [1.82, 2.24) is 5.32 Å². The van der Waals surface area contributed by atoms with E-state index in [1.807, 2.05) is 0 Å². The highest BCUT2D eigenvalue weighted by atomic mass is 14.9. The Labute approximate surface area is 87.7 Å². The number of rotatable bonds is 4. The molecule has 0 saturated heterocycles. The molecule has 3 aliphatic carbocycles. The first-order valence-corrected chi connectivity index (χ1v) is 6.65. The zero-order chi connectivity index (χ0) is 9.38. The van der Waals surface area contributed by atoms with Crippen LogP contribution in [0.5, 0.6) is 0 Å². The molecule has 80 valence electrons. The van der Waals surface area contributed by atoms with Crippen molar-refractivity contribution in [3.8, 4) is 0 Å². The van der Waals surface area contributed by atoms with Gasteiger partial charge in [0, 0.05) is 6.04 Å². The molecule has 3 saturated carbocycles. The molecule has 0 heterocycles. The van der Waals surface area contributed by atoms with E-state index in [4.69, 9.17) is 0 Å². The summed E-state index contributed by atoms with van der Waals surface area (Å²) in [4.78, 5) is 0. The van der Waals surface area contributed by atoms with Crippen LogP contribution in [0.25, 0.3) is 0 Å². The van der Waals surface area contributed by atoms with Gasteiger partial charge in [0.1, 0.15) is 0 Å². The summed E-state index contributed by atoms with van der Waals surface area (Å²) < 4.78 is 0. The van der Waals surface area contributed by atoms with Crippen LogP contribution < -0.4 is 5.32 Å². The van der Waals surface area contributed by atoms with Crippen LogP contribution in [0.3, 0.4) is 0 Å². The van der Waals surface area contributed by atoms with Gasteiger partial charge in [-0.05, 0) is 62.8 Å². The molecule has 3 unspecified atom stereocenters. The molecule has 0 aromatic rings. The molecule has 1 N–H and O–H groups in total. The minimum absolute atomic E-state index is 0.897. The smallest absolute Gasteiger partial charge is 0.00670 e. The van der Waals surface area contributed by atoms with Crippen LogP contribution in [-0.2, 0) is 0 Å².